The molecule has 9 atom stereocenters. The third-order valence-corrected chi connectivity index (χ3v) is 6.86. The van der Waals surface area contributed by atoms with Gasteiger partial charge in [-0.2, -0.15) is 0 Å². The molecule has 0 saturated carbocycles. The molecule has 17 heteroatoms. The van der Waals surface area contributed by atoms with E-state index in [0.29, 0.717) is 6.08 Å². The number of carboxylic acid groups (broad SMARTS) is 3. The molecule has 0 aromatic carbocycles. The Balaban J connectivity index is 1.39. The van der Waals surface area contributed by atoms with E-state index < -0.39 is 109 Å². The van der Waals surface area contributed by atoms with Crippen molar-refractivity contribution in [3.63, 3.8) is 0 Å². The average Bonchev–Trinajstić information content (AvgIpc) is 3.66. The lowest BCUT2D eigenvalue weighted by Gasteiger charge is -2.21. The van der Waals surface area contributed by atoms with Crippen LogP contribution in [0.4, 0.5) is 0 Å². The van der Waals surface area contributed by atoms with Gasteiger partial charge in [0, 0.05) is 6.08 Å². The van der Waals surface area contributed by atoms with Crippen LogP contribution >= 0.6 is 0 Å². The summed E-state index contributed by atoms with van der Waals surface area (Å²) in [7, 11) is 0. The highest BCUT2D eigenvalue weighted by molar-refractivity contribution is 6.01. The van der Waals surface area contributed by atoms with Crippen molar-refractivity contribution in [1.82, 2.24) is 0 Å². The Morgan fingerprint density at radius 3 is 1.83 bits per heavy atom. The van der Waals surface area contributed by atoms with Crippen LogP contribution in [0.15, 0.2) is 11.6 Å². The predicted octanol–water partition coefficient (Wildman–Crippen LogP) is -2.36. The number of hydrogen-bond acceptors (Lipinski definition) is 14. The van der Waals surface area contributed by atoms with Crippen LogP contribution in [-0.4, -0.2) is 132 Å². The van der Waals surface area contributed by atoms with Gasteiger partial charge in [0.1, 0.15) is 30.5 Å². The van der Waals surface area contributed by atoms with Gasteiger partial charge in [-0.15, -0.1) is 0 Å². The molecule has 4 fully saturated rings. The van der Waals surface area contributed by atoms with Gasteiger partial charge in [0.15, 0.2) is 18.3 Å². The summed E-state index contributed by atoms with van der Waals surface area (Å²) in [5, 5.41) is 37.5. The zero-order valence-electron chi connectivity index (χ0n) is 21.3. The molecule has 226 valence electrons. The Morgan fingerprint density at radius 1 is 0.707 bits per heavy atom. The highest BCUT2D eigenvalue weighted by atomic mass is 16.7. The minimum absolute atomic E-state index is 0.0710. The van der Waals surface area contributed by atoms with Gasteiger partial charge in [-0.25, -0.2) is 9.59 Å². The Kier molecular flexibility index (Phi) is 9.54. The van der Waals surface area contributed by atoms with Gasteiger partial charge in [-0.3, -0.25) is 19.2 Å². The molecule has 4 saturated heterocycles. The van der Waals surface area contributed by atoms with Gasteiger partial charge in [0.25, 0.3) is 0 Å². The second kappa shape index (κ2) is 12.9. The minimum atomic E-state index is -1.91. The second-order valence-corrected chi connectivity index (χ2v) is 9.69. The third kappa shape index (κ3) is 7.17. The number of aliphatic hydroxyl groups excluding tert-OH is 1. The summed E-state index contributed by atoms with van der Waals surface area (Å²) in [6, 6.07) is 0. The first-order valence-corrected chi connectivity index (χ1v) is 12.6. The Morgan fingerprint density at radius 2 is 1.24 bits per heavy atom. The summed E-state index contributed by atoms with van der Waals surface area (Å²) in [6.45, 7) is -0.583. The minimum Gasteiger partial charge on any atom is -0.481 e. The number of aliphatic hydroxyl groups is 1. The first kappa shape index (κ1) is 30.3. The van der Waals surface area contributed by atoms with E-state index in [4.69, 9.17) is 38.3 Å². The number of rotatable bonds is 12. The third-order valence-electron chi connectivity index (χ3n) is 6.86. The fourth-order valence-electron chi connectivity index (χ4n) is 4.96. The molecular weight excluding hydrogens is 560 g/mol. The van der Waals surface area contributed by atoms with Crippen molar-refractivity contribution in [2.75, 3.05) is 26.4 Å². The number of ether oxygens (including phenoxy) is 7. The highest BCUT2D eigenvalue weighted by Gasteiger charge is 2.52. The molecule has 17 nitrogen and oxygen atoms in total. The molecule has 0 bridgehead atoms. The lowest BCUT2D eigenvalue weighted by molar-refractivity contribution is -0.161. The van der Waals surface area contributed by atoms with E-state index >= 15 is 0 Å². The Bertz CT molecular complexity index is 1100. The van der Waals surface area contributed by atoms with Crippen molar-refractivity contribution in [1.29, 1.82) is 0 Å². The molecule has 0 aliphatic carbocycles. The highest BCUT2D eigenvalue weighted by Crippen LogP contribution is 2.32. The van der Waals surface area contributed by atoms with E-state index in [2.05, 4.69) is 0 Å². The van der Waals surface area contributed by atoms with Crippen LogP contribution in [0.3, 0.4) is 0 Å². The molecule has 0 aromatic heterocycles. The molecule has 4 aliphatic rings. The molecule has 4 rings (SSSR count). The smallest absolute Gasteiger partial charge is 0.332 e. The standard InChI is InChI=1S/C24H28O17/c25-11-5-35-20-14(8-36-19(11)20)41-24(34)10(3-16(28)29)9(23(32)33)4-18(31)40-13-7-38-21-12(6-37-22(13)21)39-17(30)2-1-15(26)27/h4,10-14,19-22,25H,1-3,5-8H2,(H,26,27)(H,28,29)(H,32,33)/b9-4-/t10?,11-,12+,13-,14+,19+,20+,21+,22+/m0/s1. The second-order valence-electron chi connectivity index (χ2n) is 9.69. The number of fused-ring (bicyclic) bond motifs is 2. The van der Waals surface area contributed by atoms with Gasteiger partial charge in [0.05, 0.1) is 57.2 Å². The molecule has 41 heavy (non-hydrogen) atoms. The Labute approximate surface area is 230 Å². The molecular formula is C24H28O17. The van der Waals surface area contributed by atoms with Crippen molar-refractivity contribution in [2.45, 2.75) is 68.1 Å². The molecule has 0 spiro atoms. The van der Waals surface area contributed by atoms with Gasteiger partial charge in [-0.05, 0) is 0 Å². The summed E-state index contributed by atoms with van der Waals surface area (Å²) in [5.41, 5.74) is -0.904. The van der Waals surface area contributed by atoms with Crippen LogP contribution in [0.5, 0.6) is 0 Å². The molecule has 0 aromatic rings. The topological polar surface area (TPSA) is 248 Å². The lowest BCUT2D eigenvalue weighted by atomic mass is 9.95. The van der Waals surface area contributed by atoms with Crippen molar-refractivity contribution in [3.8, 4) is 0 Å². The first-order valence-electron chi connectivity index (χ1n) is 12.6. The number of carbonyl (C=O) groups excluding carboxylic acids is 3. The maximum atomic E-state index is 12.9. The van der Waals surface area contributed by atoms with Crippen LogP contribution in [0.1, 0.15) is 19.3 Å². The van der Waals surface area contributed by atoms with E-state index in [1.165, 1.54) is 0 Å². The normalized spacial score (nSPS) is 33.0. The fourth-order valence-corrected chi connectivity index (χ4v) is 4.96. The van der Waals surface area contributed by atoms with Crippen LogP contribution in [0, 0.1) is 5.92 Å². The van der Waals surface area contributed by atoms with Gasteiger partial charge >= 0.3 is 35.8 Å². The number of aliphatic carboxylic acids is 3. The van der Waals surface area contributed by atoms with Gasteiger partial charge in [0.2, 0.25) is 0 Å². The van der Waals surface area contributed by atoms with Crippen molar-refractivity contribution in [2.24, 2.45) is 5.92 Å². The van der Waals surface area contributed by atoms with E-state index in [-0.39, 0.29) is 32.8 Å². The number of hydrogen-bond donors (Lipinski definition) is 4. The van der Waals surface area contributed by atoms with Crippen LogP contribution in [-0.2, 0) is 61.9 Å². The van der Waals surface area contributed by atoms with E-state index in [0.717, 1.165) is 0 Å². The van der Waals surface area contributed by atoms with Crippen molar-refractivity contribution >= 4 is 35.8 Å². The summed E-state index contributed by atoms with van der Waals surface area (Å²) in [6.07, 6.45) is -8.64. The summed E-state index contributed by atoms with van der Waals surface area (Å²) in [4.78, 5) is 71.5. The molecule has 4 N–H and O–H groups in total. The molecule has 0 amide bonds. The molecule has 4 aliphatic heterocycles. The van der Waals surface area contributed by atoms with E-state index in [1.54, 1.807) is 0 Å². The monoisotopic (exact) mass is 588 g/mol. The van der Waals surface area contributed by atoms with E-state index in [1.807, 2.05) is 0 Å². The van der Waals surface area contributed by atoms with Crippen molar-refractivity contribution < 1.29 is 82.4 Å². The Hall–Kier alpha value is -3.64. The largest absolute Gasteiger partial charge is 0.481 e. The van der Waals surface area contributed by atoms with E-state index in [9.17, 15) is 44.1 Å². The summed E-state index contributed by atoms with van der Waals surface area (Å²) >= 11 is 0. The predicted molar refractivity (Wildman–Crippen MR) is 123 cm³/mol. The van der Waals surface area contributed by atoms with Gasteiger partial charge in [-0.1, -0.05) is 0 Å². The number of carboxylic acids is 3. The number of esters is 3. The maximum absolute atomic E-state index is 12.9. The van der Waals surface area contributed by atoms with Crippen LogP contribution in [0.2, 0.25) is 0 Å². The van der Waals surface area contributed by atoms with Crippen molar-refractivity contribution in [3.05, 3.63) is 11.6 Å². The quantitative estimate of drug-likeness (QED) is 0.106. The lowest BCUT2D eigenvalue weighted by Crippen LogP contribution is -2.37. The average molecular weight is 588 g/mol. The number of carbonyl (C=O) groups is 6. The zero-order valence-corrected chi connectivity index (χ0v) is 21.3. The summed E-state index contributed by atoms with van der Waals surface area (Å²) < 4.78 is 37.4. The van der Waals surface area contributed by atoms with Gasteiger partial charge < -0.3 is 53.6 Å². The fraction of sp³-hybridized carbons (Fsp3) is 0.667. The molecule has 1 unspecified atom stereocenters. The maximum Gasteiger partial charge on any atom is 0.332 e. The van der Waals surface area contributed by atoms with Crippen LogP contribution in [0.25, 0.3) is 0 Å². The van der Waals surface area contributed by atoms with Crippen LogP contribution < -0.4 is 0 Å². The first-order chi connectivity index (χ1) is 19.4. The molecule has 0 radical (unpaired) electrons. The SMILES string of the molecule is O=C(O)CCC(=O)O[C@@H]1CO[C@H]2[C@@H]1OC[C@@H]2OC(=O)/C=C(\C(=O)O)C(CC(=O)O)C(=O)O[C@@H]1CO[C@H]2[C@@H]1OC[C@@H]2O. The zero-order chi connectivity index (χ0) is 29.8. The molecule has 4 heterocycles. The summed E-state index contributed by atoms with van der Waals surface area (Å²) in [5.74, 6) is -9.69.